The third kappa shape index (κ3) is 9.92. The smallest absolute Gasteiger partial charge is 0.321 e. The van der Waals surface area contributed by atoms with Gasteiger partial charge in [0.15, 0.2) is 0 Å². The van der Waals surface area contributed by atoms with Gasteiger partial charge in [0.1, 0.15) is 5.75 Å². The molecule has 0 bridgehead atoms. The van der Waals surface area contributed by atoms with Gasteiger partial charge >= 0.3 is 12.0 Å². The summed E-state index contributed by atoms with van der Waals surface area (Å²) in [7, 11) is 3.20. The number of methoxy groups -OCH3 is 1. The number of carbonyl (C=O) groups excluding carboxylic acids is 2. The molecule has 0 aliphatic heterocycles. The van der Waals surface area contributed by atoms with Gasteiger partial charge in [0.25, 0.3) is 0 Å². The van der Waals surface area contributed by atoms with Crippen molar-refractivity contribution in [2.24, 2.45) is 0 Å². The third-order valence-electron chi connectivity index (χ3n) is 6.30. The molecule has 6 nitrogen and oxygen atoms in total. The van der Waals surface area contributed by atoms with Gasteiger partial charge in [0.2, 0.25) is 0 Å². The molecule has 0 aromatic heterocycles. The van der Waals surface area contributed by atoms with Gasteiger partial charge in [-0.3, -0.25) is 9.69 Å². The van der Waals surface area contributed by atoms with Crippen LogP contribution in [0.3, 0.4) is 0 Å². The van der Waals surface area contributed by atoms with Gasteiger partial charge in [0, 0.05) is 31.3 Å². The second-order valence-corrected chi connectivity index (χ2v) is 9.22. The molecule has 0 atom stereocenters. The highest BCUT2D eigenvalue weighted by Gasteiger charge is 2.14. The number of nitrogens with one attached hydrogen (secondary N) is 1. The number of urea groups is 1. The molecule has 0 fully saturated rings. The first kappa shape index (κ1) is 29.2. The second kappa shape index (κ2) is 16.6. The predicted octanol–water partition coefficient (Wildman–Crippen LogP) is 7.14. The molecule has 0 heterocycles. The third-order valence-corrected chi connectivity index (χ3v) is 6.30. The zero-order chi connectivity index (χ0) is 26.2. The number of aryl methyl sites for hydroxylation is 1. The molecule has 2 rings (SSSR count). The first-order valence-corrected chi connectivity index (χ1v) is 13.4. The van der Waals surface area contributed by atoms with Crippen molar-refractivity contribution < 1.29 is 19.1 Å². The molecule has 0 unspecified atom stereocenters. The molecule has 0 spiro atoms. The molecular formula is C30H44N2O4. The lowest BCUT2D eigenvalue weighted by atomic mass is 10.00. The van der Waals surface area contributed by atoms with E-state index in [0.717, 1.165) is 60.2 Å². The molecule has 2 aromatic carbocycles. The predicted molar refractivity (Wildman–Crippen MR) is 148 cm³/mol. The average Bonchev–Trinajstić information content (AvgIpc) is 2.91. The Hall–Kier alpha value is -3.02. The second-order valence-electron chi connectivity index (χ2n) is 9.22. The van der Waals surface area contributed by atoms with E-state index in [9.17, 15) is 9.59 Å². The van der Waals surface area contributed by atoms with Crippen molar-refractivity contribution in [1.82, 2.24) is 5.32 Å². The summed E-state index contributed by atoms with van der Waals surface area (Å²) < 4.78 is 11.0. The monoisotopic (exact) mass is 496 g/mol. The Kier molecular flexibility index (Phi) is 13.5. The van der Waals surface area contributed by atoms with Gasteiger partial charge in [-0.1, -0.05) is 76.6 Å². The lowest BCUT2D eigenvalue weighted by molar-refractivity contribution is -0.140. The number of esters is 1. The van der Waals surface area contributed by atoms with E-state index < -0.39 is 0 Å². The Labute approximate surface area is 217 Å². The summed E-state index contributed by atoms with van der Waals surface area (Å²) >= 11 is 0. The van der Waals surface area contributed by atoms with Crippen LogP contribution in [0.1, 0.15) is 77.2 Å². The van der Waals surface area contributed by atoms with E-state index in [2.05, 4.69) is 19.2 Å². The van der Waals surface area contributed by atoms with Crippen molar-refractivity contribution in [1.29, 1.82) is 0 Å². The number of hydrogen-bond acceptors (Lipinski definition) is 4. The van der Waals surface area contributed by atoms with Gasteiger partial charge in [-0.05, 0) is 48.6 Å². The fourth-order valence-corrected chi connectivity index (χ4v) is 4.00. The fraction of sp³-hybridized carbons (Fsp3) is 0.533. The Balaban J connectivity index is 2.14. The summed E-state index contributed by atoms with van der Waals surface area (Å²) in [6.45, 7) is 5.70. The normalized spacial score (nSPS) is 10.7. The zero-order valence-electron chi connectivity index (χ0n) is 22.6. The van der Waals surface area contributed by atoms with Crippen LogP contribution < -0.4 is 15.0 Å². The summed E-state index contributed by atoms with van der Waals surface area (Å²) in [5.41, 5.74) is 3.81. The summed E-state index contributed by atoms with van der Waals surface area (Å²) in [6, 6.07) is 13.9. The van der Waals surface area contributed by atoms with Gasteiger partial charge < -0.3 is 14.8 Å². The number of benzene rings is 2. The van der Waals surface area contributed by atoms with Gasteiger partial charge in [-0.2, -0.15) is 0 Å². The average molecular weight is 497 g/mol. The molecule has 2 aromatic rings. The van der Waals surface area contributed by atoms with Crippen molar-refractivity contribution >= 4 is 17.7 Å². The number of unbranched alkanes of at least 4 members (excludes halogenated alkanes) is 6. The van der Waals surface area contributed by atoms with Crippen LogP contribution >= 0.6 is 0 Å². The Morgan fingerprint density at radius 1 is 0.917 bits per heavy atom. The molecule has 1 N–H and O–H groups in total. The maximum atomic E-state index is 12.7. The minimum Gasteiger partial charge on any atom is -0.493 e. The van der Waals surface area contributed by atoms with Crippen LogP contribution in [0.15, 0.2) is 42.5 Å². The molecule has 0 aliphatic carbocycles. The molecular weight excluding hydrogens is 452 g/mol. The summed E-state index contributed by atoms with van der Waals surface area (Å²) in [4.78, 5) is 25.9. The van der Waals surface area contributed by atoms with Crippen LogP contribution in [0.5, 0.6) is 5.75 Å². The quantitative estimate of drug-likeness (QED) is 0.198. The number of ether oxygens (including phenoxy) is 2. The van der Waals surface area contributed by atoms with E-state index in [1.807, 2.05) is 42.5 Å². The minimum atomic E-state index is -0.223. The van der Waals surface area contributed by atoms with Crippen LogP contribution in [0.2, 0.25) is 0 Å². The number of amides is 2. The molecule has 0 saturated heterocycles. The largest absolute Gasteiger partial charge is 0.493 e. The zero-order valence-corrected chi connectivity index (χ0v) is 22.6. The van der Waals surface area contributed by atoms with E-state index in [-0.39, 0.29) is 12.0 Å². The highest BCUT2D eigenvalue weighted by Crippen LogP contribution is 2.33. The maximum absolute atomic E-state index is 12.7. The van der Waals surface area contributed by atoms with Gasteiger partial charge in [-0.25, -0.2) is 4.79 Å². The van der Waals surface area contributed by atoms with Crippen LogP contribution in [0.25, 0.3) is 11.1 Å². The summed E-state index contributed by atoms with van der Waals surface area (Å²) in [5, 5.41) is 3.03. The SMILES string of the molecule is CCCCCCCNC(=O)N(C)c1cccc(-c2ccc(CCC(=O)OC)cc2OCCCCC)c1. The van der Waals surface area contributed by atoms with Crippen molar-refractivity contribution in [3.8, 4) is 16.9 Å². The number of hydrogen-bond donors (Lipinski definition) is 1. The number of carbonyl (C=O) groups is 2. The van der Waals surface area contributed by atoms with E-state index in [1.165, 1.54) is 26.4 Å². The van der Waals surface area contributed by atoms with Crippen LogP contribution in [0.4, 0.5) is 10.5 Å². The molecule has 6 heteroatoms. The van der Waals surface area contributed by atoms with E-state index in [4.69, 9.17) is 9.47 Å². The Morgan fingerprint density at radius 3 is 2.42 bits per heavy atom. The minimum absolute atomic E-state index is 0.100. The molecule has 0 radical (unpaired) electrons. The van der Waals surface area contributed by atoms with Crippen molar-refractivity contribution in [2.75, 3.05) is 32.2 Å². The molecule has 198 valence electrons. The van der Waals surface area contributed by atoms with E-state index >= 15 is 0 Å². The van der Waals surface area contributed by atoms with Crippen LogP contribution in [0, 0.1) is 0 Å². The van der Waals surface area contributed by atoms with Gasteiger partial charge in [0.05, 0.1) is 13.7 Å². The van der Waals surface area contributed by atoms with Crippen LogP contribution in [-0.2, 0) is 16.0 Å². The van der Waals surface area contributed by atoms with Gasteiger partial charge in [-0.15, -0.1) is 0 Å². The fourth-order valence-electron chi connectivity index (χ4n) is 4.00. The number of nitrogens with zero attached hydrogens (tertiary/aromatic N) is 1. The highest BCUT2D eigenvalue weighted by atomic mass is 16.5. The van der Waals surface area contributed by atoms with Crippen molar-refractivity contribution in [3.63, 3.8) is 0 Å². The number of anilines is 1. The lowest BCUT2D eigenvalue weighted by Crippen LogP contribution is -2.37. The maximum Gasteiger partial charge on any atom is 0.321 e. The first-order chi connectivity index (χ1) is 17.5. The molecule has 0 saturated carbocycles. The number of rotatable bonds is 16. The Morgan fingerprint density at radius 2 is 1.67 bits per heavy atom. The highest BCUT2D eigenvalue weighted by molar-refractivity contribution is 5.92. The summed E-state index contributed by atoms with van der Waals surface area (Å²) in [5.74, 6) is 0.573. The van der Waals surface area contributed by atoms with E-state index in [0.29, 0.717) is 26.0 Å². The van der Waals surface area contributed by atoms with Crippen molar-refractivity contribution in [3.05, 3.63) is 48.0 Å². The topological polar surface area (TPSA) is 67.9 Å². The van der Waals surface area contributed by atoms with Crippen molar-refractivity contribution in [2.45, 2.75) is 78.1 Å². The Bertz CT molecular complexity index is 944. The van der Waals surface area contributed by atoms with E-state index in [1.54, 1.807) is 11.9 Å². The standard InChI is InChI=1S/C30H44N2O4/c1-5-7-9-10-11-20-31-30(34)32(3)26-15-13-14-25(23-26)27-18-16-24(17-19-29(33)35-4)22-28(27)36-21-12-8-6-2/h13-16,18,22-23H,5-12,17,19-21H2,1-4H3,(H,31,34). The summed E-state index contributed by atoms with van der Waals surface area (Å²) in [6.07, 6.45) is 9.99. The van der Waals surface area contributed by atoms with Crippen LogP contribution in [-0.4, -0.2) is 39.3 Å². The molecule has 36 heavy (non-hydrogen) atoms. The molecule has 0 aliphatic rings. The lowest BCUT2D eigenvalue weighted by Gasteiger charge is -2.20. The first-order valence-electron chi connectivity index (χ1n) is 13.4. The molecule has 2 amide bonds.